The molecule has 0 saturated heterocycles. The van der Waals surface area contributed by atoms with Crippen LogP contribution in [0.1, 0.15) is 27.6 Å². The molecule has 3 aromatic rings. The number of hydrogen-bond acceptors (Lipinski definition) is 4. The van der Waals surface area contributed by atoms with E-state index in [0.29, 0.717) is 11.1 Å². The van der Waals surface area contributed by atoms with Gasteiger partial charge in [-0.05, 0) is 36.8 Å². The molecule has 28 heavy (non-hydrogen) atoms. The van der Waals surface area contributed by atoms with E-state index in [0.717, 1.165) is 17.4 Å². The summed E-state index contributed by atoms with van der Waals surface area (Å²) in [6.45, 7) is 1.78. The first-order valence-electron chi connectivity index (χ1n) is 8.22. The number of ether oxygens (including phenoxy) is 1. The molecular formula is C20H14ClF2NO3S. The Hall–Kier alpha value is -2.77. The predicted molar refractivity (Wildman–Crippen MR) is 105 cm³/mol. The molecule has 0 spiro atoms. The van der Waals surface area contributed by atoms with Crippen molar-refractivity contribution in [2.75, 3.05) is 11.9 Å². The number of anilines is 1. The van der Waals surface area contributed by atoms with Gasteiger partial charge in [0.1, 0.15) is 22.2 Å². The van der Waals surface area contributed by atoms with Crippen molar-refractivity contribution in [3.63, 3.8) is 0 Å². The van der Waals surface area contributed by atoms with E-state index in [-0.39, 0.29) is 27.8 Å². The molecule has 0 aliphatic carbocycles. The van der Waals surface area contributed by atoms with E-state index in [2.05, 4.69) is 5.32 Å². The van der Waals surface area contributed by atoms with Crippen molar-refractivity contribution in [1.29, 1.82) is 0 Å². The van der Waals surface area contributed by atoms with E-state index < -0.39 is 23.5 Å². The fourth-order valence-electron chi connectivity index (χ4n) is 2.58. The van der Waals surface area contributed by atoms with Crippen LogP contribution >= 0.6 is 22.9 Å². The molecule has 2 aromatic carbocycles. The lowest BCUT2D eigenvalue weighted by atomic mass is 10.0. The van der Waals surface area contributed by atoms with Gasteiger partial charge < -0.3 is 10.1 Å². The lowest BCUT2D eigenvalue weighted by Gasteiger charge is -2.10. The second kappa shape index (κ2) is 8.50. The predicted octanol–water partition coefficient (Wildman–Crippen LogP) is 5.78. The van der Waals surface area contributed by atoms with Gasteiger partial charge in [0.15, 0.2) is 0 Å². The van der Waals surface area contributed by atoms with Crippen LogP contribution in [-0.2, 0) is 4.74 Å². The smallest absolute Gasteiger partial charge is 0.341 e. The van der Waals surface area contributed by atoms with E-state index in [1.807, 2.05) is 0 Å². The Morgan fingerprint density at radius 1 is 1.11 bits per heavy atom. The number of esters is 1. The molecule has 1 N–H and O–H groups in total. The Morgan fingerprint density at radius 2 is 1.82 bits per heavy atom. The Balaban J connectivity index is 2.02. The zero-order chi connectivity index (χ0) is 20.3. The number of halogens is 3. The van der Waals surface area contributed by atoms with E-state index in [1.165, 1.54) is 36.4 Å². The number of benzene rings is 2. The maximum absolute atomic E-state index is 14.0. The molecule has 0 unspecified atom stereocenters. The summed E-state index contributed by atoms with van der Waals surface area (Å²) in [5, 5.41) is 4.30. The quantitative estimate of drug-likeness (QED) is 0.531. The first kappa shape index (κ1) is 20.0. The van der Waals surface area contributed by atoms with Crippen LogP contribution in [0.25, 0.3) is 11.1 Å². The summed E-state index contributed by atoms with van der Waals surface area (Å²) in [5.41, 5.74) is 0.832. The largest absolute Gasteiger partial charge is 0.462 e. The monoisotopic (exact) mass is 421 g/mol. The summed E-state index contributed by atoms with van der Waals surface area (Å²) >= 11 is 7.01. The SMILES string of the molecule is CCOC(=O)c1c(-c2ccc(F)cc2)csc1NC(=O)c1c(F)cccc1Cl. The lowest BCUT2D eigenvalue weighted by Crippen LogP contribution is -2.16. The van der Waals surface area contributed by atoms with Gasteiger partial charge in [0.05, 0.1) is 17.2 Å². The average molecular weight is 422 g/mol. The average Bonchev–Trinajstić information content (AvgIpc) is 3.06. The van der Waals surface area contributed by atoms with Gasteiger partial charge in [-0.25, -0.2) is 13.6 Å². The Kier molecular flexibility index (Phi) is 6.06. The van der Waals surface area contributed by atoms with Crippen molar-refractivity contribution in [1.82, 2.24) is 0 Å². The minimum Gasteiger partial charge on any atom is -0.462 e. The van der Waals surface area contributed by atoms with Gasteiger partial charge in [-0.15, -0.1) is 11.3 Å². The lowest BCUT2D eigenvalue weighted by molar-refractivity contribution is 0.0529. The van der Waals surface area contributed by atoms with Crippen LogP contribution in [0, 0.1) is 11.6 Å². The standard InChI is InChI=1S/C20H14ClF2NO3S/c1-2-27-20(26)16-13(11-6-8-12(22)9-7-11)10-28-19(16)24-18(25)17-14(21)4-3-5-15(17)23/h3-10H,2H2,1H3,(H,24,25). The molecule has 0 saturated carbocycles. The third-order valence-corrected chi connectivity index (χ3v) is 5.05. The highest BCUT2D eigenvalue weighted by Crippen LogP contribution is 2.37. The Morgan fingerprint density at radius 3 is 2.46 bits per heavy atom. The first-order valence-corrected chi connectivity index (χ1v) is 9.48. The Bertz CT molecular complexity index is 1010. The van der Waals surface area contributed by atoms with Crippen molar-refractivity contribution in [2.24, 2.45) is 0 Å². The molecule has 1 heterocycles. The molecule has 3 rings (SSSR count). The number of rotatable bonds is 5. The highest BCUT2D eigenvalue weighted by Gasteiger charge is 2.24. The number of amides is 1. The van der Waals surface area contributed by atoms with Gasteiger partial charge in [0.2, 0.25) is 0 Å². The minimum absolute atomic E-state index is 0.0505. The summed E-state index contributed by atoms with van der Waals surface area (Å²) in [6, 6.07) is 9.45. The van der Waals surface area contributed by atoms with Crippen molar-refractivity contribution in [3.8, 4) is 11.1 Å². The zero-order valence-corrected chi connectivity index (χ0v) is 16.2. The van der Waals surface area contributed by atoms with Gasteiger partial charge in [-0.2, -0.15) is 0 Å². The molecule has 0 radical (unpaired) electrons. The second-order valence-corrected chi connectivity index (χ2v) is 6.92. The number of carbonyl (C=O) groups excluding carboxylic acids is 2. The highest BCUT2D eigenvalue weighted by molar-refractivity contribution is 7.15. The summed E-state index contributed by atoms with van der Waals surface area (Å²) in [6.07, 6.45) is 0. The van der Waals surface area contributed by atoms with Crippen molar-refractivity contribution in [3.05, 3.63) is 75.6 Å². The molecule has 144 valence electrons. The molecule has 1 aromatic heterocycles. The topological polar surface area (TPSA) is 55.4 Å². The number of carbonyl (C=O) groups is 2. The van der Waals surface area contributed by atoms with Gasteiger partial charge in [-0.1, -0.05) is 29.8 Å². The summed E-state index contributed by atoms with van der Waals surface area (Å²) in [5.74, 6) is -2.64. The minimum atomic E-state index is -0.791. The number of thiophene rings is 1. The molecule has 1 amide bonds. The zero-order valence-electron chi connectivity index (χ0n) is 14.6. The summed E-state index contributed by atoms with van der Waals surface area (Å²) in [7, 11) is 0. The fraction of sp³-hybridized carbons (Fsp3) is 0.100. The molecule has 0 atom stereocenters. The van der Waals surface area contributed by atoms with Crippen molar-refractivity contribution >= 4 is 39.8 Å². The third-order valence-electron chi connectivity index (χ3n) is 3.84. The summed E-state index contributed by atoms with van der Waals surface area (Å²) < 4.78 is 32.3. The fourth-order valence-corrected chi connectivity index (χ4v) is 3.78. The molecular weight excluding hydrogens is 408 g/mol. The van der Waals surface area contributed by atoms with Crippen LogP contribution < -0.4 is 5.32 Å². The molecule has 0 bridgehead atoms. The second-order valence-electron chi connectivity index (χ2n) is 5.63. The Labute approximate surface area is 168 Å². The van der Waals surface area contributed by atoms with Crippen molar-refractivity contribution in [2.45, 2.75) is 6.92 Å². The van der Waals surface area contributed by atoms with Crippen LogP contribution in [-0.4, -0.2) is 18.5 Å². The molecule has 0 aliphatic rings. The van der Waals surface area contributed by atoms with Crippen LogP contribution in [0.4, 0.5) is 13.8 Å². The maximum Gasteiger partial charge on any atom is 0.341 e. The van der Waals surface area contributed by atoms with Gasteiger partial charge in [0.25, 0.3) is 5.91 Å². The molecule has 0 aliphatic heterocycles. The van der Waals surface area contributed by atoms with E-state index in [9.17, 15) is 18.4 Å². The van der Waals surface area contributed by atoms with Crippen LogP contribution in [0.15, 0.2) is 47.8 Å². The van der Waals surface area contributed by atoms with Gasteiger partial charge >= 0.3 is 5.97 Å². The molecule has 0 fully saturated rings. The highest BCUT2D eigenvalue weighted by atomic mass is 35.5. The van der Waals surface area contributed by atoms with Crippen molar-refractivity contribution < 1.29 is 23.1 Å². The van der Waals surface area contributed by atoms with Gasteiger partial charge in [-0.3, -0.25) is 4.79 Å². The number of nitrogens with one attached hydrogen (secondary N) is 1. The first-order chi connectivity index (χ1) is 13.4. The van der Waals surface area contributed by atoms with E-state index in [4.69, 9.17) is 16.3 Å². The van der Waals surface area contributed by atoms with Gasteiger partial charge in [0, 0.05) is 10.9 Å². The normalized spacial score (nSPS) is 10.6. The van der Waals surface area contributed by atoms with Crippen LogP contribution in [0.5, 0.6) is 0 Å². The van der Waals surface area contributed by atoms with Crippen LogP contribution in [0.3, 0.4) is 0 Å². The molecule has 4 nitrogen and oxygen atoms in total. The summed E-state index contributed by atoms with van der Waals surface area (Å²) in [4.78, 5) is 25.0. The number of hydrogen-bond donors (Lipinski definition) is 1. The van der Waals surface area contributed by atoms with E-state index in [1.54, 1.807) is 12.3 Å². The third kappa shape index (κ3) is 4.05. The van der Waals surface area contributed by atoms with Crippen LogP contribution in [0.2, 0.25) is 5.02 Å². The van der Waals surface area contributed by atoms with E-state index >= 15 is 0 Å². The molecule has 8 heteroatoms. The maximum atomic E-state index is 14.0.